The number of piperazine rings is 1. The minimum atomic E-state index is 0.880. The number of halogens is 1. The van der Waals surface area contributed by atoms with Gasteiger partial charge in [0.05, 0.1) is 17.3 Å². The van der Waals surface area contributed by atoms with E-state index >= 15 is 0 Å². The molecule has 2 aromatic rings. The topological polar surface area (TPSA) is 24.3 Å². The van der Waals surface area contributed by atoms with Gasteiger partial charge in [0.2, 0.25) is 0 Å². The van der Waals surface area contributed by atoms with Crippen LogP contribution in [0.25, 0.3) is 0 Å². The fourth-order valence-electron chi connectivity index (χ4n) is 2.55. The lowest BCUT2D eigenvalue weighted by atomic mass is 10.2. The molecule has 106 valence electrons. The Labute approximate surface area is 128 Å². The summed E-state index contributed by atoms with van der Waals surface area (Å²) >= 11 is 3.43. The SMILES string of the molecule is Brc1cnn(CN2CCN(Cc3ccccc3)CC2)c1. The van der Waals surface area contributed by atoms with Gasteiger partial charge in [0, 0.05) is 38.9 Å². The Kier molecular flexibility index (Phi) is 4.50. The Hall–Kier alpha value is -1.17. The van der Waals surface area contributed by atoms with Gasteiger partial charge in [-0.15, -0.1) is 0 Å². The van der Waals surface area contributed by atoms with Crippen molar-refractivity contribution in [1.29, 1.82) is 0 Å². The lowest BCUT2D eigenvalue weighted by Gasteiger charge is -2.34. The highest BCUT2D eigenvalue weighted by Crippen LogP contribution is 2.10. The van der Waals surface area contributed by atoms with E-state index in [4.69, 9.17) is 0 Å². The highest BCUT2D eigenvalue weighted by atomic mass is 79.9. The van der Waals surface area contributed by atoms with E-state index in [9.17, 15) is 0 Å². The van der Waals surface area contributed by atoms with E-state index in [0.29, 0.717) is 0 Å². The molecule has 1 aromatic carbocycles. The Balaban J connectivity index is 1.47. The van der Waals surface area contributed by atoms with Crippen molar-refractivity contribution in [3.8, 4) is 0 Å². The van der Waals surface area contributed by atoms with E-state index < -0.39 is 0 Å². The van der Waals surface area contributed by atoms with Gasteiger partial charge in [0.1, 0.15) is 0 Å². The van der Waals surface area contributed by atoms with Crippen LogP contribution in [0.15, 0.2) is 47.2 Å². The number of aromatic nitrogens is 2. The molecule has 1 fully saturated rings. The number of hydrogen-bond acceptors (Lipinski definition) is 3. The minimum absolute atomic E-state index is 0.880. The number of nitrogens with zero attached hydrogens (tertiary/aromatic N) is 4. The van der Waals surface area contributed by atoms with Crippen molar-refractivity contribution in [3.63, 3.8) is 0 Å². The predicted octanol–water partition coefficient (Wildman–Crippen LogP) is 2.42. The van der Waals surface area contributed by atoms with Gasteiger partial charge < -0.3 is 0 Å². The average molecular weight is 335 g/mol. The van der Waals surface area contributed by atoms with E-state index in [1.807, 2.05) is 17.1 Å². The van der Waals surface area contributed by atoms with E-state index in [1.54, 1.807) is 0 Å². The van der Waals surface area contributed by atoms with E-state index in [2.05, 4.69) is 61.2 Å². The Morgan fingerprint density at radius 3 is 2.35 bits per heavy atom. The Morgan fingerprint density at radius 1 is 1.00 bits per heavy atom. The lowest BCUT2D eigenvalue weighted by molar-refractivity contribution is 0.0988. The quantitative estimate of drug-likeness (QED) is 0.858. The molecule has 5 heteroatoms. The molecular formula is C15H19BrN4. The molecule has 0 radical (unpaired) electrons. The molecule has 0 spiro atoms. The molecule has 20 heavy (non-hydrogen) atoms. The maximum atomic E-state index is 4.31. The molecule has 0 aliphatic carbocycles. The molecule has 1 aromatic heterocycles. The van der Waals surface area contributed by atoms with Crippen LogP contribution < -0.4 is 0 Å². The normalized spacial score (nSPS) is 17.4. The zero-order valence-corrected chi connectivity index (χ0v) is 13.0. The summed E-state index contributed by atoms with van der Waals surface area (Å²) in [6, 6.07) is 10.7. The largest absolute Gasteiger partial charge is 0.297 e. The van der Waals surface area contributed by atoms with Crippen molar-refractivity contribution in [2.75, 3.05) is 26.2 Å². The van der Waals surface area contributed by atoms with E-state index in [0.717, 1.165) is 43.9 Å². The molecule has 0 unspecified atom stereocenters. The van der Waals surface area contributed by atoms with Crippen molar-refractivity contribution in [3.05, 3.63) is 52.8 Å². The second-order valence-corrected chi connectivity index (χ2v) is 6.13. The summed E-state index contributed by atoms with van der Waals surface area (Å²) in [6.45, 7) is 6.38. The summed E-state index contributed by atoms with van der Waals surface area (Å²) in [5.74, 6) is 0. The van der Waals surface area contributed by atoms with Crippen molar-refractivity contribution < 1.29 is 0 Å². The molecule has 1 saturated heterocycles. The molecule has 2 heterocycles. The summed E-state index contributed by atoms with van der Waals surface area (Å²) in [4.78, 5) is 4.96. The maximum absolute atomic E-state index is 4.31. The second-order valence-electron chi connectivity index (χ2n) is 5.22. The van der Waals surface area contributed by atoms with Crippen molar-refractivity contribution in [2.24, 2.45) is 0 Å². The summed E-state index contributed by atoms with van der Waals surface area (Å²) in [5.41, 5.74) is 1.40. The molecule has 0 N–H and O–H groups in total. The summed E-state index contributed by atoms with van der Waals surface area (Å²) < 4.78 is 3.02. The highest BCUT2D eigenvalue weighted by molar-refractivity contribution is 9.10. The fraction of sp³-hybridized carbons (Fsp3) is 0.400. The first-order chi connectivity index (χ1) is 9.79. The van der Waals surface area contributed by atoms with Crippen molar-refractivity contribution in [2.45, 2.75) is 13.2 Å². The maximum Gasteiger partial charge on any atom is 0.0930 e. The van der Waals surface area contributed by atoms with Crippen molar-refractivity contribution in [1.82, 2.24) is 19.6 Å². The van der Waals surface area contributed by atoms with Crippen molar-refractivity contribution >= 4 is 15.9 Å². The highest BCUT2D eigenvalue weighted by Gasteiger charge is 2.17. The lowest BCUT2D eigenvalue weighted by Crippen LogP contribution is -2.46. The summed E-state index contributed by atoms with van der Waals surface area (Å²) in [5, 5.41) is 4.31. The Bertz CT molecular complexity index is 532. The van der Waals surface area contributed by atoms with Gasteiger partial charge in [-0.05, 0) is 21.5 Å². The van der Waals surface area contributed by atoms with Crippen LogP contribution in [0.1, 0.15) is 5.56 Å². The monoisotopic (exact) mass is 334 g/mol. The molecule has 3 rings (SSSR count). The van der Waals surface area contributed by atoms with Crippen LogP contribution in [0.4, 0.5) is 0 Å². The number of hydrogen-bond donors (Lipinski definition) is 0. The molecule has 0 atom stereocenters. The third kappa shape index (κ3) is 3.69. The average Bonchev–Trinajstić information content (AvgIpc) is 2.88. The van der Waals surface area contributed by atoms with Crippen LogP contribution in [0.3, 0.4) is 0 Å². The van der Waals surface area contributed by atoms with Crippen LogP contribution in [0.2, 0.25) is 0 Å². The minimum Gasteiger partial charge on any atom is -0.297 e. The van der Waals surface area contributed by atoms with E-state index in [1.165, 1.54) is 5.56 Å². The van der Waals surface area contributed by atoms with Crippen LogP contribution in [-0.4, -0.2) is 45.8 Å². The van der Waals surface area contributed by atoms with Gasteiger partial charge >= 0.3 is 0 Å². The van der Waals surface area contributed by atoms with Gasteiger partial charge in [-0.1, -0.05) is 30.3 Å². The third-order valence-electron chi connectivity index (χ3n) is 3.66. The standard InChI is InChI=1S/C15H19BrN4/c16-15-10-17-20(12-15)13-19-8-6-18(7-9-19)11-14-4-2-1-3-5-14/h1-5,10,12H,6-9,11,13H2. The van der Waals surface area contributed by atoms with Gasteiger partial charge in [-0.25, -0.2) is 0 Å². The Morgan fingerprint density at radius 2 is 1.70 bits per heavy atom. The number of benzene rings is 1. The fourth-order valence-corrected chi connectivity index (χ4v) is 2.88. The first-order valence-electron chi connectivity index (χ1n) is 6.96. The first kappa shape index (κ1) is 13.8. The molecule has 0 saturated carbocycles. The zero-order valence-electron chi connectivity index (χ0n) is 11.5. The molecule has 1 aliphatic heterocycles. The zero-order chi connectivity index (χ0) is 13.8. The molecule has 1 aliphatic rings. The second kappa shape index (κ2) is 6.52. The molecule has 4 nitrogen and oxygen atoms in total. The third-order valence-corrected chi connectivity index (χ3v) is 4.07. The molecule has 0 bridgehead atoms. The summed E-state index contributed by atoms with van der Waals surface area (Å²) in [6.07, 6.45) is 3.86. The van der Waals surface area contributed by atoms with Crippen LogP contribution in [0.5, 0.6) is 0 Å². The van der Waals surface area contributed by atoms with Crippen LogP contribution in [0, 0.1) is 0 Å². The van der Waals surface area contributed by atoms with Crippen LogP contribution in [-0.2, 0) is 13.2 Å². The predicted molar refractivity (Wildman–Crippen MR) is 83.2 cm³/mol. The van der Waals surface area contributed by atoms with Gasteiger partial charge in [0.15, 0.2) is 0 Å². The molecule has 0 amide bonds. The number of rotatable bonds is 4. The smallest absolute Gasteiger partial charge is 0.0930 e. The van der Waals surface area contributed by atoms with Gasteiger partial charge in [-0.3, -0.25) is 14.5 Å². The molecular weight excluding hydrogens is 316 g/mol. The first-order valence-corrected chi connectivity index (χ1v) is 7.75. The van der Waals surface area contributed by atoms with Gasteiger partial charge in [-0.2, -0.15) is 5.10 Å². The van der Waals surface area contributed by atoms with Gasteiger partial charge in [0.25, 0.3) is 0 Å². The van der Waals surface area contributed by atoms with E-state index in [-0.39, 0.29) is 0 Å². The summed E-state index contributed by atoms with van der Waals surface area (Å²) in [7, 11) is 0. The van der Waals surface area contributed by atoms with Crippen LogP contribution >= 0.6 is 15.9 Å².